The third kappa shape index (κ3) is 1.77. The fourth-order valence-corrected chi connectivity index (χ4v) is 3.80. The molecule has 0 aliphatic carbocycles. The SMILES string of the molecule is Cc1cccc2c1N1C(=O)CCC1(C)C=C2c1ccccc1. The van der Waals surface area contributed by atoms with Crippen LogP contribution in [0.25, 0.3) is 5.57 Å². The number of aryl methyl sites for hydroxylation is 1. The summed E-state index contributed by atoms with van der Waals surface area (Å²) in [5.41, 5.74) is 5.68. The monoisotopic (exact) mass is 289 g/mol. The van der Waals surface area contributed by atoms with Gasteiger partial charge in [-0.05, 0) is 37.0 Å². The molecular weight excluding hydrogens is 270 g/mol. The van der Waals surface area contributed by atoms with Crippen molar-refractivity contribution >= 4 is 17.2 Å². The van der Waals surface area contributed by atoms with E-state index >= 15 is 0 Å². The van der Waals surface area contributed by atoms with Crippen LogP contribution in [0.1, 0.15) is 36.5 Å². The minimum atomic E-state index is -0.207. The highest BCUT2D eigenvalue weighted by Crippen LogP contribution is 2.47. The van der Waals surface area contributed by atoms with E-state index in [1.165, 1.54) is 22.3 Å². The van der Waals surface area contributed by atoms with Crippen molar-refractivity contribution in [2.75, 3.05) is 4.90 Å². The summed E-state index contributed by atoms with van der Waals surface area (Å²) < 4.78 is 0. The number of benzene rings is 2. The number of anilines is 1. The van der Waals surface area contributed by atoms with E-state index in [9.17, 15) is 4.79 Å². The highest BCUT2D eigenvalue weighted by molar-refractivity contribution is 6.05. The summed E-state index contributed by atoms with van der Waals surface area (Å²) in [6, 6.07) is 16.8. The molecule has 4 rings (SSSR count). The number of hydrogen-bond acceptors (Lipinski definition) is 1. The van der Waals surface area contributed by atoms with Gasteiger partial charge in [-0.3, -0.25) is 4.79 Å². The topological polar surface area (TPSA) is 20.3 Å². The predicted molar refractivity (Wildman–Crippen MR) is 89.8 cm³/mol. The Bertz CT molecular complexity index is 791. The van der Waals surface area contributed by atoms with E-state index in [1.807, 2.05) is 11.0 Å². The number of hydrogen-bond donors (Lipinski definition) is 0. The molecule has 2 aliphatic heterocycles. The Balaban J connectivity index is 2.02. The summed E-state index contributed by atoms with van der Waals surface area (Å²) >= 11 is 0. The molecule has 1 fully saturated rings. The molecule has 110 valence electrons. The second-order valence-electron chi connectivity index (χ2n) is 6.48. The van der Waals surface area contributed by atoms with Crippen LogP contribution in [-0.4, -0.2) is 11.4 Å². The van der Waals surface area contributed by atoms with Crippen LogP contribution in [0.5, 0.6) is 0 Å². The maximum Gasteiger partial charge on any atom is 0.227 e. The molecule has 2 aromatic carbocycles. The first kappa shape index (κ1) is 13.3. The zero-order chi connectivity index (χ0) is 15.3. The third-order valence-corrected chi connectivity index (χ3v) is 4.90. The smallest absolute Gasteiger partial charge is 0.227 e. The van der Waals surface area contributed by atoms with Crippen LogP contribution >= 0.6 is 0 Å². The average Bonchev–Trinajstić information content (AvgIpc) is 2.83. The van der Waals surface area contributed by atoms with E-state index in [-0.39, 0.29) is 11.4 Å². The standard InChI is InChI=1S/C20H19NO/c1-14-7-6-10-16-17(15-8-4-3-5-9-15)13-20(2)12-11-18(22)21(20)19(14)16/h3-10,13H,11-12H2,1-2H3. The maximum atomic E-state index is 12.5. The van der Waals surface area contributed by atoms with Gasteiger partial charge in [0.2, 0.25) is 5.91 Å². The van der Waals surface area contributed by atoms with E-state index in [1.54, 1.807) is 0 Å². The molecule has 0 N–H and O–H groups in total. The quantitative estimate of drug-likeness (QED) is 0.765. The first-order chi connectivity index (χ1) is 10.6. The lowest BCUT2D eigenvalue weighted by atomic mass is 9.83. The van der Waals surface area contributed by atoms with E-state index in [4.69, 9.17) is 0 Å². The number of para-hydroxylation sites is 1. The van der Waals surface area contributed by atoms with Crippen molar-refractivity contribution in [3.63, 3.8) is 0 Å². The lowest BCUT2D eigenvalue weighted by molar-refractivity contribution is -0.117. The Morgan fingerprint density at radius 3 is 2.59 bits per heavy atom. The first-order valence-corrected chi connectivity index (χ1v) is 7.81. The minimum Gasteiger partial charge on any atom is -0.302 e. The van der Waals surface area contributed by atoms with Gasteiger partial charge >= 0.3 is 0 Å². The van der Waals surface area contributed by atoms with Gasteiger partial charge in [0.05, 0.1) is 11.2 Å². The molecule has 0 spiro atoms. The maximum absolute atomic E-state index is 12.5. The van der Waals surface area contributed by atoms with Crippen LogP contribution < -0.4 is 4.90 Å². The average molecular weight is 289 g/mol. The predicted octanol–water partition coefficient (Wildman–Crippen LogP) is 4.33. The molecule has 2 nitrogen and oxygen atoms in total. The van der Waals surface area contributed by atoms with Crippen LogP contribution in [-0.2, 0) is 4.79 Å². The molecular formula is C20H19NO. The van der Waals surface area contributed by atoms with Gasteiger partial charge in [0, 0.05) is 12.0 Å². The lowest BCUT2D eigenvalue weighted by Crippen LogP contribution is -2.45. The third-order valence-electron chi connectivity index (χ3n) is 4.90. The van der Waals surface area contributed by atoms with Crippen molar-refractivity contribution in [1.29, 1.82) is 0 Å². The second kappa shape index (κ2) is 4.57. The highest BCUT2D eigenvalue weighted by Gasteiger charge is 2.45. The fraction of sp³-hybridized carbons (Fsp3) is 0.250. The van der Waals surface area contributed by atoms with Gasteiger partial charge < -0.3 is 4.90 Å². The number of carbonyl (C=O) groups is 1. The van der Waals surface area contributed by atoms with Gasteiger partial charge in [-0.25, -0.2) is 0 Å². The molecule has 0 saturated carbocycles. The Morgan fingerprint density at radius 1 is 1.05 bits per heavy atom. The Morgan fingerprint density at radius 2 is 1.82 bits per heavy atom. The van der Waals surface area contributed by atoms with Crippen molar-refractivity contribution in [2.45, 2.75) is 32.2 Å². The summed E-state index contributed by atoms with van der Waals surface area (Å²) in [6.45, 7) is 4.27. The zero-order valence-corrected chi connectivity index (χ0v) is 13.0. The lowest BCUT2D eigenvalue weighted by Gasteiger charge is -2.40. The first-order valence-electron chi connectivity index (χ1n) is 7.81. The summed E-state index contributed by atoms with van der Waals surface area (Å²) in [7, 11) is 0. The molecule has 2 aromatic rings. The molecule has 22 heavy (non-hydrogen) atoms. The van der Waals surface area contributed by atoms with Crippen LogP contribution in [0.2, 0.25) is 0 Å². The molecule has 1 amide bonds. The number of rotatable bonds is 1. The Labute approximate surface area is 131 Å². The van der Waals surface area contributed by atoms with Crippen LogP contribution in [0.15, 0.2) is 54.6 Å². The molecule has 0 bridgehead atoms. The summed E-state index contributed by atoms with van der Waals surface area (Å²) in [6.07, 6.45) is 3.80. The van der Waals surface area contributed by atoms with Gasteiger partial charge in [-0.2, -0.15) is 0 Å². The normalized spacial score (nSPS) is 23.1. The van der Waals surface area contributed by atoms with Crippen molar-refractivity contribution < 1.29 is 4.79 Å². The molecule has 1 saturated heterocycles. The van der Waals surface area contributed by atoms with Gasteiger partial charge in [0.25, 0.3) is 0 Å². The molecule has 0 radical (unpaired) electrons. The molecule has 2 aliphatic rings. The van der Waals surface area contributed by atoms with Crippen LogP contribution in [0.3, 0.4) is 0 Å². The summed E-state index contributed by atoms with van der Waals surface area (Å²) in [5.74, 6) is 0.237. The summed E-state index contributed by atoms with van der Waals surface area (Å²) in [4.78, 5) is 14.5. The molecule has 1 atom stereocenters. The number of nitrogens with zero attached hydrogens (tertiary/aromatic N) is 1. The van der Waals surface area contributed by atoms with Crippen LogP contribution in [0.4, 0.5) is 5.69 Å². The van der Waals surface area contributed by atoms with Crippen molar-refractivity contribution in [2.24, 2.45) is 0 Å². The van der Waals surface area contributed by atoms with E-state index in [0.717, 1.165) is 12.1 Å². The molecule has 2 heteroatoms. The number of carbonyl (C=O) groups excluding carboxylic acids is 1. The summed E-state index contributed by atoms with van der Waals surface area (Å²) in [5, 5.41) is 0. The van der Waals surface area contributed by atoms with Crippen molar-refractivity contribution in [3.05, 3.63) is 71.3 Å². The van der Waals surface area contributed by atoms with Gasteiger partial charge in [0.1, 0.15) is 0 Å². The van der Waals surface area contributed by atoms with Gasteiger partial charge in [-0.15, -0.1) is 0 Å². The molecule has 1 unspecified atom stereocenters. The zero-order valence-electron chi connectivity index (χ0n) is 13.0. The van der Waals surface area contributed by atoms with Gasteiger partial charge in [0.15, 0.2) is 0 Å². The van der Waals surface area contributed by atoms with E-state index in [2.05, 4.69) is 62.4 Å². The number of fused-ring (bicyclic) bond motifs is 3. The second-order valence-corrected chi connectivity index (χ2v) is 6.48. The van der Waals surface area contributed by atoms with Crippen molar-refractivity contribution in [1.82, 2.24) is 0 Å². The fourth-order valence-electron chi connectivity index (χ4n) is 3.80. The highest BCUT2D eigenvalue weighted by atomic mass is 16.2. The van der Waals surface area contributed by atoms with Crippen molar-refractivity contribution in [3.8, 4) is 0 Å². The molecule has 0 aromatic heterocycles. The van der Waals surface area contributed by atoms with E-state index in [0.29, 0.717) is 6.42 Å². The van der Waals surface area contributed by atoms with E-state index < -0.39 is 0 Å². The molecule has 2 heterocycles. The van der Waals surface area contributed by atoms with Gasteiger partial charge in [-0.1, -0.05) is 54.6 Å². The van der Waals surface area contributed by atoms with Crippen LogP contribution in [0, 0.1) is 6.92 Å². The Hall–Kier alpha value is -2.35. The largest absolute Gasteiger partial charge is 0.302 e. The Kier molecular flexibility index (Phi) is 2.77. The minimum absolute atomic E-state index is 0.207. The number of amides is 1.